The molecule has 0 saturated carbocycles. The quantitative estimate of drug-likeness (QED) is 0.465. The Morgan fingerprint density at radius 1 is 1.16 bits per heavy atom. The fourth-order valence-electron chi connectivity index (χ4n) is 4.83. The van der Waals surface area contributed by atoms with Crippen LogP contribution in [0.5, 0.6) is 11.5 Å². The number of furan rings is 1. The molecule has 3 aromatic rings. The summed E-state index contributed by atoms with van der Waals surface area (Å²) >= 11 is 3.46. The van der Waals surface area contributed by atoms with Gasteiger partial charge in [-0.2, -0.15) is 0 Å². The van der Waals surface area contributed by atoms with Gasteiger partial charge in [-0.1, -0.05) is 29.8 Å². The van der Waals surface area contributed by atoms with Gasteiger partial charge in [-0.25, -0.2) is 0 Å². The number of allylic oxidation sites excluding steroid dienone is 1. The zero-order valence-electron chi connectivity index (χ0n) is 17.5. The summed E-state index contributed by atoms with van der Waals surface area (Å²) in [6, 6.07) is 10.9. The summed E-state index contributed by atoms with van der Waals surface area (Å²) in [5.74, 6) is 2.39. The number of rotatable bonds is 3. The monoisotopic (exact) mass is 481 g/mol. The summed E-state index contributed by atoms with van der Waals surface area (Å²) in [4.78, 5) is 15.3. The zero-order chi connectivity index (χ0) is 21.7. The predicted octanol–water partition coefficient (Wildman–Crippen LogP) is 6.00. The van der Waals surface area contributed by atoms with Crippen molar-refractivity contribution >= 4 is 38.8 Å². The van der Waals surface area contributed by atoms with Crippen LogP contribution < -0.4 is 4.74 Å². The van der Waals surface area contributed by atoms with Crippen LogP contribution in [-0.2, 0) is 6.54 Å². The molecule has 0 bridgehead atoms. The molecule has 1 saturated heterocycles. The zero-order valence-corrected chi connectivity index (χ0v) is 19.1. The van der Waals surface area contributed by atoms with E-state index in [-0.39, 0.29) is 17.3 Å². The van der Waals surface area contributed by atoms with Gasteiger partial charge in [0.15, 0.2) is 5.76 Å². The average molecular weight is 482 g/mol. The molecule has 0 amide bonds. The second-order valence-electron chi connectivity index (χ2n) is 8.85. The molecule has 1 N–H and O–H groups in total. The van der Waals surface area contributed by atoms with Crippen molar-refractivity contribution in [3.63, 3.8) is 0 Å². The van der Waals surface area contributed by atoms with Gasteiger partial charge in [0.2, 0.25) is 5.78 Å². The number of ether oxygens (including phenoxy) is 1. The van der Waals surface area contributed by atoms with E-state index >= 15 is 0 Å². The number of aromatic hydroxyl groups is 1. The largest absolute Gasteiger partial charge is 0.507 e. The van der Waals surface area contributed by atoms with E-state index in [0.29, 0.717) is 41.0 Å². The van der Waals surface area contributed by atoms with Crippen LogP contribution in [0.2, 0.25) is 0 Å². The molecule has 6 heteroatoms. The first kappa shape index (κ1) is 20.3. The van der Waals surface area contributed by atoms with E-state index in [1.807, 2.05) is 24.3 Å². The summed E-state index contributed by atoms with van der Waals surface area (Å²) < 4.78 is 12.8. The van der Waals surface area contributed by atoms with E-state index in [0.717, 1.165) is 28.5 Å². The van der Waals surface area contributed by atoms with E-state index in [4.69, 9.17) is 9.15 Å². The van der Waals surface area contributed by atoms with E-state index in [1.54, 1.807) is 18.2 Å². The van der Waals surface area contributed by atoms with Crippen molar-refractivity contribution in [3.8, 4) is 11.5 Å². The summed E-state index contributed by atoms with van der Waals surface area (Å²) in [7, 11) is 0. The molecule has 5 nitrogen and oxygen atoms in total. The number of phenolic OH excluding ortho intramolecular Hbond substituents is 1. The third-order valence-corrected chi connectivity index (χ3v) is 6.51. The van der Waals surface area contributed by atoms with Crippen LogP contribution in [0.1, 0.15) is 41.9 Å². The maximum absolute atomic E-state index is 13.0. The minimum atomic E-state index is -0.196. The molecule has 2 aromatic carbocycles. The number of hydrogen-bond donors (Lipinski definition) is 1. The molecule has 31 heavy (non-hydrogen) atoms. The number of phenols is 1. The number of nitrogens with zero attached hydrogens (tertiary/aromatic N) is 1. The molecule has 0 aliphatic carbocycles. The summed E-state index contributed by atoms with van der Waals surface area (Å²) in [5, 5.41) is 11.5. The van der Waals surface area contributed by atoms with Gasteiger partial charge >= 0.3 is 0 Å². The van der Waals surface area contributed by atoms with Crippen molar-refractivity contribution in [2.75, 3.05) is 13.1 Å². The number of carbonyl (C=O) groups excluding carboxylic acids is 1. The van der Waals surface area contributed by atoms with E-state index in [2.05, 4.69) is 34.7 Å². The highest BCUT2D eigenvalue weighted by Gasteiger charge is 2.33. The normalized spacial score (nSPS) is 22.8. The number of piperidine rings is 1. The Morgan fingerprint density at radius 3 is 2.71 bits per heavy atom. The number of hydrogen-bond acceptors (Lipinski definition) is 5. The lowest BCUT2D eigenvalue weighted by atomic mass is 9.91. The fourth-order valence-corrected chi connectivity index (χ4v) is 5.21. The Labute approximate surface area is 189 Å². The van der Waals surface area contributed by atoms with Crippen molar-refractivity contribution in [2.45, 2.75) is 26.8 Å². The number of likely N-dealkylation sites (tertiary alicyclic amines) is 1. The lowest BCUT2D eigenvalue weighted by molar-refractivity contribution is 0.101. The van der Waals surface area contributed by atoms with Gasteiger partial charge in [0, 0.05) is 35.6 Å². The summed E-state index contributed by atoms with van der Waals surface area (Å²) in [5.41, 5.74) is 1.89. The highest BCUT2D eigenvalue weighted by atomic mass is 79.9. The van der Waals surface area contributed by atoms with Crippen LogP contribution in [0.4, 0.5) is 0 Å². The van der Waals surface area contributed by atoms with E-state index < -0.39 is 0 Å². The van der Waals surface area contributed by atoms with Crippen LogP contribution >= 0.6 is 15.9 Å². The molecule has 1 aromatic heterocycles. The van der Waals surface area contributed by atoms with E-state index in [9.17, 15) is 9.90 Å². The number of ketones is 1. The molecule has 1 fully saturated rings. The Morgan fingerprint density at radius 2 is 1.94 bits per heavy atom. The van der Waals surface area contributed by atoms with Gasteiger partial charge in [0.05, 0.1) is 11.1 Å². The standard InChI is InChI=1S/C25H24BrNO4/c1-14-7-15(2)12-27(11-14)13-20-21(28)5-4-19-24(29)23(31-25(19)20)10-18-9-16-8-17(26)3-6-22(16)30-18/h3-6,8-10,14-15,28H,7,11-13H2,1-2H3/b23-10-/t14-,15+. The Hall–Kier alpha value is -2.57. The number of Topliss-reactive ketones (excluding diaryl/α,β-unsaturated/α-hetero) is 1. The molecule has 3 heterocycles. The molecule has 0 radical (unpaired) electrons. The minimum absolute atomic E-state index is 0.160. The van der Waals surface area contributed by atoms with Gasteiger partial charge in [-0.3, -0.25) is 9.69 Å². The average Bonchev–Trinajstić information content (AvgIpc) is 3.24. The third-order valence-electron chi connectivity index (χ3n) is 6.01. The maximum atomic E-state index is 13.0. The molecule has 0 unspecified atom stereocenters. The maximum Gasteiger partial charge on any atom is 0.232 e. The van der Waals surface area contributed by atoms with Crippen LogP contribution in [0.15, 0.2) is 51.0 Å². The highest BCUT2D eigenvalue weighted by molar-refractivity contribution is 9.10. The fraction of sp³-hybridized carbons (Fsp3) is 0.320. The van der Waals surface area contributed by atoms with Crippen LogP contribution in [0.3, 0.4) is 0 Å². The molecule has 2 aliphatic heterocycles. The molecule has 0 spiro atoms. The second kappa shape index (κ2) is 7.84. The van der Waals surface area contributed by atoms with Crippen molar-refractivity contribution in [1.29, 1.82) is 0 Å². The van der Waals surface area contributed by atoms with Crippen molar-refractivity contribution in [1.82, 2.24) is 4.90 Å². The first-order valence-electron chi connectivity index (χ1n) is 10.6. The third kappa shape index (κ3) is 3.90. The van der Waals surface area contributed by atoms with Crippen LogP contribution in [-0.4, -0.2) is 28.9 Å². The van der Waals surface area contributed by atoms with Crippen molar-refractivity contribution in [2.24, 2.45) is 11.8 Å². The number of fused-ring (bicyclic) bond motifs is 2. The Kier molecular flexibility index (Phi) is 5.15. The smallest absolute Gasteiger partial charge is 0.232 e. The SMILES string of the molecule is C[C@@H]1C[C@H](C)CN(Cc2c(O)ccc3c2O/C(=C\c2cc4cc(Br)ccc4o2)C3=O)C1. The summed E-state index contributed by atoms with van der Waals surface area (Å²) in [6.45, 7) is 7.01. The van der Waals surface area contributed by atoms with Gasteiger partial charge < -0.3 is 14.3 Å². The van der Waals surface area contributed by atoms with Gasteiger partial charge in [0.1, 0.15) is 22.8 Å². The van der Waals surface area contributed by atoms with E-state index in [1.165, 1.54) is 6.42 Å². The number of benzene rings is 2. The molecule has 160 valence electrons. The number of halogens is 1. The predicted molar refractivity (Wildman–Crippen MR) is 123 cm³/mol. The molecule has 2 atom stereocenters. The van der Waals surface area contributed by atoms with Crippen molar-refractivity contribution < 1.29 is 19.1 Å². The van der Waals surface area contributed by atoms with Crippen LogP contribution in [0.25, 0.3) is 17.0 Å². The molecular formula is C25H24BrNO4. The second-order valence-corrected chi connectivity index (χ2v) is 9.77. The van der Waals surface area contributed by atoms with Gasteiger partial charge in [-0.05, 0) is 54.7 Å². The Bertz CT molecular complexity index is 1200. The first-order chi connectivity index (χ1) is 14.9. The minimum Gasteiger partial charge on any atom is -0.507 e. The Balaban J connectivity index is 1.46. The van der Waals surface area contributed by atoms with Gasteiger partial charge in [-0.15, -0.1) is 0 Å². The van der Waals surface area contributed by atoms with Gasteiger partial charge in [0.25, 0.3) is 0 Å². The topological polar surface area (TPSA) is 62.9 Å². The lowest BCUT2D eigenvalue weighted by Gasteiger charge is -2.35. The lowest BCUT2D eigenvalue weighted by Crippen LogP contribution is -2.38. The summed E-state index contributed by atoms with van der Waals surface area (Å²) in [6.07, 6.45) is 2.84. The highest BCUT2D eigenvalue weighted by Crippen LogP contribution is 2.41. The number of carbonyl (C=O) groups is 1. The van der Waals surface area contributed by atoms with Crippen molar-refractivity contribution in [3.05, 3.63) is 63.5 Å². The molecule has 2 aliphatic rings. The first-order valence-corrected chi connectivity index (χ1v) is 11.4. The van der Waals surface area contributed by atoms with Crippen LogP contribution in [0, 0.1) is 11.8 Å². The molecule has 5 rings (SSSR count). The molecular weight excluding hydrogens is 458 g/mol.